The van der Waals surface area contributed by atoms with Gasteiger partial charge in [-0.15, -0.1) is 12.4 Å². The summed E-state index contributed by atoms with van der Waals surface area (Å²) in [7, 11) is -1.69. The van der Waals surface area contributed by atoms with Crippen LogP contribution in [0.5, 0.6) is 0 Å². The highest BCUT2D eigenvalue weighted by Crippen LogP contribution is 2.24. The average Bonchev–Trinajstić information content (AvgIpc) is 2.95. The molecule has 2 aliphatic heterocycles. The van der Waals surface area contributed by atoms with Crippen LogP contribution in [0.3, 0.4) is 0 Å². The number of nitrogens with one attached hydrogen (secondary N) is 2. The average molecular weight is 429 g/mol. The van der Waals surface area contributed by atoms with Crippen LogP contribution in [0.2, 0.25) is 0 Å². The minimum atomic E-state index is -3.60. The number of likely N-dealkylation sites (tertiary alicyclic amines) is 1. The van der Waals surface area contributed by atoms with E-state index in [1.165, 1.54) is 0 Å². The van der Waals surface area contributed by atoms with E-state index in [0.29, 0.717) is 24.6 Å². The van der Waals surface area contributed by atoms with E-state index >= 15 is 0 Å². The van der Waals surface area contributed by atoms with Crippen molar-refractivity contribution in [3.63, 3.8) is 0 Å². The molecule has 2 aliphatic rings. The summed E-state index contributed by atoms with van der Waals surface area (Å²) in [6.07, 6.45) is 4.45. The van der Waals surface area contributed by atoms with Gasteiger partial charge in [0, 0.05) is 24.7 Å². The molecule has 156 valence electrons. The van der Waals surface area contributed by atoms with Gasteiger partial charge in [-0.25, -0.2) is 8.42 Å². The van der Waals surface area contributed by atoms with Crippen LogP contribution in [0.4, 0.5) is 0 Å². The summed E-state index contributed by atoms with van der Waals surface area (Å²) < 4.78 is 27.2. The van der Waals surface area contributed by atoms with Crippen LogP contribution in [0.15, 0.2) is 34.2 Å². The Labute approximate surface area is 173 Å². The monoisotopic (exact) mass is 428 g/mol. The number of rotatable bonds is 6. The number of benzene rings is 1. The fourth-order valence-corrected chi connectivity index (χ4v) is 4.89. The van der Waals surface area contributed by atoms with Gasteiger partial charge in [0.15, 0.2) is 0 Å². The second kappa shape index (κ2) is 9.71. The summed E-state index contributed by atoms with van der Waals surface area (Å²) in [6, 6.07) is 6.49. The number of unbranched alkanes of at least 4 members (excludes halogenated alkanes) is 1. The summed E-state index contributed by atoms with van der Waals surface area (Å²) in [5.74, 6) is 0.265. The quantitative estimate of drug-likeness (QED) is 0.724. The van der Waals surface area contributed by atoms with E-state index < -0.39 is 16.1 Å². The molecule has 0 saturated carbocycles. The Bertz CT molecular complexity index is 828. The number of carbonyl (C=O) groups excluding carboxylic acids is 1. The topological polar surface area (TPSA) is 90.9 Å². The third-order valence-electron chi connectivity index (χ3n) is 5.21. The highest BCUT2D eigenvalue weighted by molar-refractivity contribution is 7.90. The van der Waals surface area contributed by atoms with Crippen molar-refractivity contribution < 1.29 is 13.2 Å². The van der Waals surface area contributed by atoms with Crippen LogP contribution >= 0.6 is 12.4 Å². The van der Waals surface area contributed by atoms with Crippen molar-refractivity contribution in [2.45, 2.75) is 56.0 Å². The first-order chi connectivity index (χ1) is 13.0. The van der Waals surface area contributed by atoms with Gasteiger partial charge in [0.05, 0.1) is 4.90 Å². The van der Waals surface area contributed by atoms with Crippen molar-refractivity contribution in [3.8, 4) is 0 Å². The van der Waals surface area contributed by atoms with Crippen molar-refractivity contribution in [3.05, 3.63) is 29.8 Å². The van der Waals surface area contributed by atoms with Gasteiger partial charge in [-0.05, 0) is 38.4 Å². The van der Waals surface area contributed by atoms with Gasteiger partial charge in [0.2, 0.25) is 5.91 Å². The zero-order valence-corrected chi connectivity index (χ0v) is 18.0. The Morgan fingerprint density at radius 3 is 2.86 bits per heavy atom. The number of halogens is 1. The van der Waals surface area contributed by atoms with Crippen molar-refractivity contribution in [2.75, 3.05) is 20.1 Å². The first kappa shape index (κ1) is 22.6. The van der Waals surface area contributed by atoms with Gasteiger partial charge in [-0.2, -0.15) is 0 Å². The molecule has 7 nitrogen and oxygen atoms in total. The van der Waals surface area contributed by atoms with Crippen molar-refractivity contribution in [1.82, 2.24) is 14.9 Å². The number of amides is 1. The molecular formula is C19H29ClN4O3S. The zero-order chi connectivity index (χ0) is 19.4. The van der Waals surface area contributed by atoms with E-state index in [1.807, 2.05) is 11.9 Å². The SMILES string of the molecule is CCCCC(N=C1NS(=O)(=O)c2ccccc21)C(=O)N1CCCC(NC)C1.Cl. The lowest BCUT2D eigenvalue weighted by Gasteiger charge is -2.34. The molecule has 0 spiro atoms. The smallest absolute Gasteiger partial charge is 0.263 e. The summed E-state index contributed by atoms with van der Waals surface area (Å²) >= 11 is 0. The van der Waals surface area contributed by atoms with E-state index in [9.17, 15) is 13.2 Å². The summed E-state index contributed by atoms with van der Waals surface area (Å²) in [5.41, 5.74) is 0.540. The highest BCUT2D eigenvalue weighted by atomic mass is 35.5. The van der Waals surface area contributed by atoms with Crippen molar-refractivity contribution in [1.29, 1.82) is 0 Å². The second-order valence-corrected chi connectivity index (χ2v) is 8.80. The molecule has 2 N–H and O–H groups in total. The first-order valence-electron chi connectivity index (χ1n) is 9.62. The molecule has 1 amide bonds. The molecule has 2 unspecified atom stereocenters. The van der Waals surface area contributed by atoms with Crippen LogP contribution < -0.4 is 10.0 Å². The summed E-state index contributed by atoms with van der Waals surface area (Å²) in [5, 5.41) is 3.25. The molecule has 28 heavy (non-hydrogen) atoms. The van der Waals surface area contributed by atoms with Gasteiger partial charge in [0.1, 0.15) is 11.9 Å². The Hall–Kier alpha value is -1.64. The number of carbonyl (C=O) groups is 1. The number of nitrogens with zero attached hydrogens (tertiary/aromatic N) is 2. The van der Waals surface area contributed by atoms with Crippen LogP contribution in [-0.2, 0) is 14.8 Å². The maximum absolute atomic E-state index is 13.1. The molecular weight excluding hydrogens is 400 g/mol. The molecule has 1 aromatic rings. The number of amidine groups is 1. The van der Waals surface area contributed by atoms with Crippen LogP contribution in [0, 0.1) is 0 Å². The normalized spacial score (nSPS) is 22.9. The number of hydrogen-bond donors (Lipinski definition) is 2. The lowest BCUT2D eigenvalue weighted by molar-refractivity contribution is -0.134. The molecule has 0 aliphatic carbocycles. The molecule has 0 aromatic heterocycles. The van der Waals surface area contributed by atoms with E-state index in [0.717, 1.165) is 32.2 Å². The molecule has 2 atom stereocenters. The van der Waals surface area contributed by atoms with E-state index in [2.05, 4.69) is 22.0 Å². The van der Waals surface area contributed by atoms with Gasteiger partial charge in [-0.1, -0.05) is 31.9 Å². The Kier molecular flexibility index (Phi) is 7.86. The van der Waals surface area contributed by atoms with Gasteiger partial charge >= 0.3 is 0 Å². The largest absolute Gasteiger partial charge is 0.339 e. The Balaban J connectivity index is 0.00000280. The second-order valence-electron chi connectivity index (χ2n) is 7.15. The molecule has 1 aromatic carbocycles. The molecule has 1 fully saturated rings. The number of aliphatic imine (C=N–C) groups is 1. The molecule has 3 rings (SSSR count). The van der Waals surface area contributed by atoms with Gasteiger partial charge in [0.25, 0.3) is 10.0 Å². The first-order valence-corrected chi connectivity index (χ1v) is 11.1. The predicted octanol–water partition coefficient (Wildman–Crippen LogP) is 1.92. The van der Waals surface area contributed by atoms with E-state index in [-0.39, 0.29) is 29.0 Å². The minimum absolute atomic E-state index is 0. The molecule has 2 heterocycles. The van der Waals surface area contributed by atoms with Crippen molar-refractivity contribution in [2.24, 2.45) is 4.99 Å². The summed E-state index contributed by atoms with van der Waals surface area (Å²) in [6.45, 7) is 3.47. The van der Waals surface area contributed by atoms with Crippen LogP contribution in [0.1, 0.15) is 44.6 Å². The maximum Gasteiger partial charge on any atom is 0.263 e. The molecule has 0 radical (unpaired) electrons. The minimum Gasteiger partial charge on any atom is -0.339 e. The fraction of sp³-hybridized carbons (Fsp3) is 0.579. The number of sulfonamides is 1. The fourth-order valence-electron chi connectivity index (χ4n) is 3.65. The zero-order valence-electron chi connectivity index (χ0n) is 16.3. The number of hydrogen-bond acceptors (Lipinski definition) is 5. The van der Waals surface area contributed by atoms with Crippen LogP contribution in [0.25, 0.3) is 0 Å². The standard InChI is InChI=1S/C19H28N4O3S.ClH/c1-3-4-10-16(19(24)23-12-7-8-14(13-23)20-2)21-18-15-9-5-6-11-17(15)27(25,26)22-18;/h5-6,9,11,14,16,20H,3-4,7-8,10,12-13H2,1-2H3,(H,21,22);1H. The molecule has 0 bridgehead atoms. The lowest BCUT2D eigenvalue weighted by atomic mass is 10.0. The van der Waals surface area contributed by atoms with Gasteiger partial charge < -0.3 is 10.2 Å². The highest BCUT2D eigenvalue weighted by Gasteiger charge is 2.33. The van der Waals surface area contributed by atoms with E-state index in [4.69, 9.17) is 0 Å². The Morgan fingerprint density at radius 1 is 1.39 bits per heavy atom. The molecule has 1 saturated heterocycles. The lowest BCUT2D eigenvalue weighted by Crippen LogP contribution is -2.50. The maximum atomic E-state index is 13.1. The van der Waals surface area contributed by atoms with E-state index in [1.54, 1.807) is 24.3 Å². The molecule has 9 heteroatoms. The van der Waals surface area contributed by atoms with Crippen molar-refractivity contribution >= 4 is 34.2 Å². The van der Waals surface area contributed by atoms with Gasteiger partial charge in [-0.3, -0.25) is 14.5 Å². The number of likely N-dealkylation sites (N-methyl/N-ethyl adjacent to an activating group) is 1. The third kappa shape index (κ3) is 4.85. The number of fused-ring (bicyclic) bond motifs is 1. The summed E-state index contributed by atoms with van der Waals surface area (Å²) in [4.78, 5) is 19.8. The third-order valence-corrected chi connectivity index (χ3v) is 6.60. The number of piperidine rings is 1. The van der Waals surface area contributed by atoms with Crippen LogP contribution in [-0.4, -0.2) is 57.3 Å². The Morgan fingerprint density at radius 2 is 2.14 bits per heavy atom. The predicted molar refractivity (Wildman–Crippen MR) is 113 cm³/mol.